The third kappa shape index (κ3) is 4.49. The van der Waals surface area contributed by atoms with Crippen LogP contribution < -0.4 is 15.5 Å². The lowest BCUT2D eigenvalue weighted by atomic mass is 9.77. The normalized spacial score (nSPS) is 24.8. The van der Waals surface area contributed by atoms with E-state index in [1.165, 1.54) is 24.3 Å². The molecule has 0 aromatic heterocycles. The molecule has 1 aliphatic carbocycles. The Morgan fingerprint density at radius 1 is 1.13 bits per heavy atom. The number of sulfonamides is 1. The molecule has 1 spiro atoms. The topological polar surface area (TPSA) is 125 Å². The van der Waals surface area contributed by atoms with Gasteiger partial charge in [-0.3, -0.25) is 15.0 Å². The Kier molecular flexibility index (Phi) is 5.68. The third-order valence-corrected chi connectivity index (χ3v) is 7.14. The van der Waals surface area contributed by atoms with E-state index in [9.17, 15) is 22.8 Å². The van der Waals surface area contributed by atoms with Crippen molar-refractivity contribution in [2.24, 2.45) is 5.92 Å². The van der Waals surface area contributed by atoms with Gasteiger partial charge in [0.2, 0.25) is 10.0 Å². The Hall–Kier alpha value is -2.46. The van der Waals surface area contributed by atoms with E-state index >= 15 is 0 Å². The number of hydrogen-bond donors (Lipinski definition) is 3. The number of hydrazine groups is 1. The highest BCUT2D eigenvalue weighted by molar-refractivity contribution is 7.89. The summed E-state index contributed by atoms with van der Waals surface area (Å²) in [6.45, 7) is 7.28. The number of imide groups is 1. The van der Waals surface area contributed by atoms with E-state index < -0.39 is 38.9 Å². The molecule has 3 rings (SSSR count). The highest BCUT2D eigenvalue weighted by atomic mass is 32.2. The number of nitrogens with one attached hydrogen (secondary N) is 3. The molecule has 0 atom stereocenters. The molecule has 3 N–H and O–H groups in total. The zero-order chi connectivity index (χ0) is 22.3. The second kappa shape index (κ2) is 7.66. The minimum Gasteiger partial charge on any atom is -0.322 e. The molecule has 0 unspecified atom stereocenters. The Balaban J connectivity index is 1.71. The standard InChI is InChI=1S/C20H28N4O5S/c1-13-9-11-20(12-10-13)17(26)24(18(27)21-20)22-16(25)14-5-7-15(8-6-14)30(28,29)23-19(2,3)4/h5-8,13,23H,9-12H2,1-4H3,(H,21,27)(H,22,25). The van der Waals surface area contributed by atoms with Crippen LogP contribution in [-0.2, 0) is 14.8 Å². The van der Waals surface area contributed by atoms with Crippen LogP contribution in [-0.4, -0.2) is 42.4 Å². The molecular weight excluding hydrogens is 408 g/mol. The van der Waals surface area contributed by atoms with Gasteiger partial charge in [-0.1, -0.05) is 6.92 Å². The molecule has 1 aromatic carbocycles. The van der Waals surface area contributed by atoms with Gasteiger partial charge in [0.05, 0.1) is 4.90 Å². The number of benzene rings is 1. The highest BCUT2D eigenvalue weighted by Crippen LogP contribution is 2.35. The van der Waals surface area contributed by atoms with Crippen molar-refractivity contribution < 1.29 is 22.8 Å². The number of urea groups is 1. The van der Waals surface area contributed by atoms with Gasteiger partial charge in [-0.15, -0.1) is 0 Å². The number of carbonyl (C=O) groups excluding carboxylic acids is 3. The Morgan fingerprint density at radius 3 is 2.23 bits per heavy atom. The van der Waals surface area contributed by atoms with Crippen molar-refractivity contribution in [2.75, 3.05) is 0 Å². The maximum atomic E-state index is 12.8. The molecule has 0 bridgehead atoms. The highest BCUT2D eigenvalue weighted by Gasteiger charge is 2.52. The molecule has 164 valence electrons. The number of rotatable bonds is 4. The van der Waals surface area contributed by atoms with Gasteiger partial charge < -0.3 is 5.32 Å². The van der Waals surface area contributed by atoms with Crippen LogP contribution in [0.5, 0.6) is 0 Å². The smallest absolute Gasteiger partial charge is 0.322 e. The molecule has 1 aliphatic heterocycles. The average molecular weight is 437 g/mol. The summed E-state index contributed by atoms with van der Waals surface area (Å²) >= 11 is 0. The summed E-state index contributed by atoms with van der Waals surface area (Å²) in [5, 5.41) is 3.46. The van der Waals surface area contributed by atoms with E-state index in [-0.39, 0.29) is 10.5 Å². The zero-order valence-corrected chi connectivity index (χ0v) is 18.4. The van der Waals surface area contributed by atoms with Crippen LogP contribution in [0.3, 0.4) is 0 Å². The lowest BCUT2D eigenvalue weighted by Crippen LogP contribution is -2.51. The van der Waals surface area contributed by atoms with Crippen LogP contribution in [0.1, 0.15) is 63.7 Å². The first kappa shape index (κ1) is 22.2. The fourth-order valence-corrected chi connectivity index (χ4v) is 5.15. The van der Waals surface area contributed by atoms with Gasteiger partial charge in [-0.25, -0.2) is 17.9 Å². The molecule has 10 heteroatoms. The summed E-state index contributed by atoms with van der Waals surface area (Å²) in [4.78, 5) is 37.7. The van der Waals surface area contributed by atoms with E-state index in [0.29, 0.717) is 18.8 Å². The van der Waals surface area contributed by atoms with Crippen LogP contribution in [0.15, 0.2) is 29.2 Å². The van der Waals surface area contributed by atoms with Crippen molar-refractivity contribution in [3.8, 4) is 0 Å². The fourth-order valence-electron chi connectivity index (χ4n) is 3.73. The molecule has 1 heterocycles. The predicted octanol–water partition coefficient (Wildman–Crippen LogP) is 1.91. The Labute approximate surface area is 176 Å². The first-order chi connectivity index (χ1) is 13.8. The summed E-state index contributed by atoms with van der Waals surface area (Å²) < 4.78 is 27.3. The van der Waals surface area contributed by atoms with Gasteiger partial charge in [0, 0.05) is 11.1 Å². The molecule has 1 saturated heterocycles. The van der Waals surface area contributed by atoms with Gasteiger partial charge >= 0.3 is 6.03 Å². The monoisotopic (exact) mass is 436 g/mol. The third-order valence-electron chi connectivity index (χ3n) is 5.37. The lowest BCUT2D eigenvalue weighted by molar-refractivity contribution is -0.134. The lowest BCUT2D eigenvalue weighted by Gasteiger charge is -2.33. The Morgan fingerprint density at radius 2 is 1.70 bits per heavy atom. The van der Waals surface area contributed by atoms with E-state index in [4.69, 9.17) is 0 Å². The van der Waals surface area contributed by atoms with Crippen LogP contribution in [0.2, 0.25) is 0 Å². The average Bonchev–Trinajstić information content (AvgIpc) is 2.87. The SMILES string of the molecule is CC1CCC2(CC1)NC(=O)N(NC(=O)c1ccc(S(=O)(=O)NC(C)(C)C)cc1)C2=O. The first-order valence-corrected chi connectivity index (χ1v) is 11.4. The fraction of sp³-hybridized carbons (Fsp3) is 0.550. The molecule has 4 amide bonds. The van der Waals surface area contributed by atoms with E-state index in [1.54, 1.807) is 20.8 Å². The van der Waals surface area contributed by atoms with E-state index in [2.05, 4.69) is 22.4 Å². The van der Waals surface area contributed by atoms with Crippen LogP contribution >= 0.6 is 0 Å². The summed E-state index contributed by atoms with van der Waals surface area (Å²) in [5.41, 5.74) is 0.871. The Bertz CT molecular complexity index is 958. The van der Waals surface area contributed by atoms with Gasteiger partial charge in [0.1, 0.15) is 5.54 Å². The molecule has 2 aliphatic rings. The van der Waals surface area contributed by atoms with Gasteiger partial charge in [0.15, 0.2) is 0 Å². The minimum absolute atomic E-state index is 0.0132. The van der Waals surface area contributed by atoms with Crippen molar-refractivity contribution in [3.05, 3.63) is 29.8 Å². The molecule has 9 nitrogen and oxygen atoms in total. The van der Waals surface area contributed by atoms with E-state index in [1.807, 2.05) is 0 Å². The first-order valence-electron chi connectivity index (χ1n) is 9.95. The van der Waals surface area contributed by atoms with Gasteiger partial charge in [-0.05, 0) is 76.6 Å². The molecule has 30 heavy (non-hydrogen) atoms. The van der Waals surface area contributed by atoms with Crippen molar-refractivity contribution in [1.29, 1.82) is 0 Å². The minimum atomic E-state index is -3.73. The number of carbonyl (C=O) groups is 3. The quantitative estimate of drug-likeness (QED) is 0.622. The van der Waals surface area contributed by atoms with E-state index in [0.717, 1.165) is 17.9 Å². The molecular formula is C20H28N4O5S. The van der Waals surface area contributed by atoms with Gasteiger partial charge in [0.25, 0.3) is 11.8 Å². The molecule has 1 aromatic rings. The van der Waals surface area contributed by atoms with Crippen molar-refractivity contribution in [2.45, 2.75) is 69.4 Å². The second-order valence-electron chi connectivity index (χ2n) is 9.16. The number of nitrogens with zero attached hydrogens (tertiary/aromatic N) is 1. The van der Waals surface area contributed by atoms with Crippen molar-refractivity contribution in [3.63, 3.8) is 0 Å². The molecule has 0 radical (unpaired) electrons. The van der Waals surface area contributed by atoms with Crippen molar-refractivity contribution >= 4 is 27.9 Å². The number of hydrogen-bond acceptors (Lipinski definition) is 5. The predicted molar refractivity (Wildman–Crippen MR) is 110 cm³/mol. The van der Waals surface area contributed by atoms with Crippen LogP contribution in [0.4, 0.5) is 4.79 Å². The summed E-state index contributed by atoms with van der Waals surface area (Å²) in [7, 11) is -3.73. The van der Waals surface area contributed by atoms with Crippen molar-refractivity contribution in [1.82, 2.24) is 20.5 Å². The summed E-state index contributed by atoms with van der Waals surface area (Å²) in [5.74, 6) is -0.639. The second-order valence-corrected chi connectivity index (χ2v) is 10.8. The number of amides is 4. The van der Waals surface area contributed by atoms with Gasteiger partial charge in [-0.2, -0.15) is 5.01 Å². The summed E-state index contributed by atoms with van der Waals surface area (Å²) in [6.07, 6.45) is 2.73. The molecule has 2 fully saturated rings. The largest absolute Gasteiger partial charge is 0.344 e. The van der Waals surface area contributed by atoms with Crippen LogP contribution in [0.25, 0.3) is 0 Å². The summed E-state index contributed by atoms with van der Waals surface area (Å²) in [6, 6.07) is 4.63. The van der Waals surface area contributed by atoms with Crippen LogP contribution in [0, 0.1) is 5.92 Å². The maximum Gasteiger partial charge on any atom is 0.344 e. The maximum absolute atomic E-state index is 12.8. The zero-order valence-electron chi connectivity index (χ0n) is 17.6. The molecule has 1 saturated carbocycles.